The van der Waals surface area contributed by atoms with Gasteiger partial charge in [0.05, 0.1) is 0 Å². The SMILES string of the molecule is C=C/C=C(C=N)\C(C=C)=C/C.CC. The number of allylic oxidation sites excluding steroid dienone is 6. The summed E-state index contributed by atoms with van der Waals surface area (Å²) >= 11 is 0. The molecule has 0 spiro atoms. The van der Waals surface area contributed by atoms with Crippen molar-refractivity contribution in [3.05, 3.63) is 48.6 Å². The van der Waals surface area contributed by atoms with Crippen molar-refractivity contribution in [3.63, 3.8) is 0 Å². The molecule has 72 valence electrons. The molecular formula is C12H19N. The molecule has 1 N–H and O–H groups in total. The minimum atomic E-state index is 0.831. The van der Waals surface area contributed by atoms with Crippen LogP contribution < -0.4 is 0 Å². The maximum Gasteiger partial charge on any atom is 0.0256 e. The van der Waals surface area contributed by atoms with Gasteiger partial charge in [0.15, 0.2) is 0 Å². The van der Waals surface area contributed by atoms with Crippen molar-refractivity contribution in [3.8, 4) is 0 Å². The molecule has 0 saturated heterocycles. The zero-order valence-electron chi connectivity index (χ0n) is 8.80. The van der Waals surface area contributed by atoms with Crippen LogP contribution in [0.4, 0.5) is 0 Å². The summed E-state index contributed by atoms with van der Waals surface area (Å²) in [5.41, 5.74) is 1.79. The van der Waals surface area contributed by atoms with E-state index in [0.29, 0.717) is 0 Å². The minimum absolute atomic E-state index is 0.831. The molecule has 1 nitrogen and oxygen atoms in total. The van der Waals surface area contributed by atoms with Gasteiger partial charge in [0, 0.05) is 6.21 Å². The van der Waals surface area contributed by atoms with E-state index in [0.717, 1.165) is 11.1 Å². The van der Waals surface area contributed by atoms with Crippen LogP contribution in [-0.4, -0.2) is 6.21 Å². The van der Waals surface area contributed by atoms with Gasteiger partial charge in [-0.2, -0.15) is 0 Å². The highest BCUT2D eigenvalue weighted by molar-refractivity contribution is 5.84. The molecule has 0 unspecified atom stereocenters. The van der Waals surface area contributed by atoms with Gasteiger partial charge in [0.2, 0.25) is 0 Å². The second-order valence-electron chi connectivity index (χ2n) is 1.95. The van der Waals surface area contributed by atoms with Crippen LogP contribution in [0.3, 0.4) is 0 Å². The molecule has 0 aromatic heterocycles. The normalized spacial score (nSPS) is 11.0. The Kier molecular flexibility index (Phi) is 11.6. The molecule has 0 aliphatic carbocycles. The first-order valence-electron chi connectivity index (χ1n) is 4.42. The van der Waals surface area contributed by atoms with Crippen LogP contribution in [0.2, 0.25) is 0 Å². The van der Waals surface area contributed by atoms with Crippen molar-refractivity contribution in [1.29, 1.82) is 5.41 Å². The molecule has 0 fully saturated rings. The van der Waals surface area contributed by atoms with E-state index < -0.39 is 0 Å². The van der Waals surface area contributed by atoms with E-state index in [1.54, 1.807) is 18.2 Å². The van der Waals surface area contributed by atoms with E-state index >= 15 is 0 Å². The summed E-state index contributed by atoms with van der Waals surface area (Å²) in [7, 11) is 0. The molecule has 0 rings (SSSR count). The Hall–Kier alpha value is -1.37. The smallest absolute Gasteiger partial charge is 0.0256 e. The van der Waals surface area contributed by atoms with E-state index in [9.17, 15) is 0 Å². The highest BCUT2D eigenvalue weighted by Crippen LogP contribution is 2.07. The lowest BCUT2D eigenvalue weighted by molar-refractivity contribution is 1.50. The van der Waals surface area contributed by atoms with Crippen molar-refractivity contribution in [2.45, 2.75) is 20.8 Å². The van der Waals surface area contributed by atoms with Gasteiger partial charge in [-0.05, 0) is 18.1 Å². The van der Waals surface area contributed by atoms with Crippen LogP contribution in [0.5, 0.6) is 0 Å². The van der Waals surface area contributed by atoms with Crippen molar-refractivity contribution in [2.75, 3.05) is 0 Å². The summed E-state index contributed by atoms with van der Waals surface area (Å²) in [6.07, 6.45) is 8.36. The Morgan fingerprint density at radius 1 is 1.15 bits per heavy atom. The summed E-state index contributed by atoms with van der Waals surface area (Å²) in [6, 6.07) is 0. The molecule has 0 saturated carbocycles. The molecule has 0 atom stereocenters. The van der Waals surface area contributed by atoms with Crippen LogP contribution in [-0.2, 0) is 0 Å². The molecule has 0 aromatic carbocycles. The zero-order chi connectivity index (χ0) is 10.7. The molecule has 13 heavy (non-hydrogen) atoms. The third kappa shape index (κ3) is 5.85. The molecule has 0 heterocycles. The third-order valence-electron chi connectivity index (χ3n) is 1.32. The third-order valence-corrected chi connectivity index (χ3v) is 1.32. The number of hydrogen-bond acceptors (Lipinski definition) is 1. The van der Waals surface area contributed by atoms with E-state index in [1.807, 2.05) is 26.8 Å². The number of hydrogen-bond donors (Lipinski definition) is 1. The summed E-state index contributed by atoms with van der Waals surface area (Å²) in [6.45, 7) is 13.1. The zero-order valence-corrected chi connectivity index (χ0v) is 8.80. The first-order chi connectivity index (χ1) is 6.29. The van der Waals surface area contributed by atoms with Gasteiger partial charge >= 0.3 is 0 Å². The second-order valence-corrected chi connectivity index (χ2v) is 1.95. The largest absolute Gasteiger partial charge is 0.308 e. The Morgan fingerprint density at radius 3 is 1.92 bits per heavy atom. The summed E-state index contributed by atoms with van der Waals surface area (Å²) in [5, 5.41) is 7.07. The van der Waals surface area contributed by atoms with Gasteiger partial charge in [-0.3, -0.25) is 0 Å². The fourth-order valence-corrected chi connectivity index (χ4v) is 0.757. The van der Waals surface area contributed by atoms with Crippen LogP contribution in [0, 0.1) is 5.41 Å². The predicted octanol–water partition coefficient (Wildman–Crippen LogP) is 3.91. The highest BCUT2D eigenvalue weighted by Gasteiger charge is 1.93. The molecule has 1 heteroatoms. The van der Waals surface area contributed by atoms with E-state index in [2.05, 4.69) is 13.2 Å². The molecule has 0 aliphatic rings. The lowest BCUT2D eigenvalue weighted by atomic mass is 10.1. The number of nitrogens with one attached hydrogen (secondary N) is 1. The maximum absolute atomic E-state index is 7.07. The second kappa shape index (κ2) is 10.6. The average Bonchev–Trinajstić information content (AvgIpc) is 2.21. The average molecular weight is 177 g/mol. The van der Waals surface area contributed by atoms with Gasteiger partial charge in [-0.1, -0.05) is 51.3 Å². The van der Waals surface area contributed by atoms with Gasteiger partial charge in [-0.25, -0.2) is 0 Å². The van der Waals surface area contributed by atoms with E-state index in [-0.39, 0.29) is 0 Å². The molecule has 0 radical (unpaired) electrons. The monoisotopic (exact) mass is 177 g/mol. The Morgan fingerprint density at radius 2 is 1.69 bits per heavy atom. The highest BCUT2D eigenvalue weighted by atomic mass is 14.3. The first kappa shape index (κ1) is 14.2. The van der Waals surface area contributed by atoms with Crippen molar-refractivity contribution in [2.24, 2.45) is 0 Å². The lowest BCUT2D eigenvalue weighted by Crippen LogP contribution is -1.85. The van der Waals surface area contributed by atoms with Crippen LogP contribution in [0.1, 0.15) is 20.8 Å². The molecule has 0 bridgehead atoms. The van der Waals surface area contributed by atoms with Crippen LogP contribution in [0.15, 0.2) is 48.6 Å². The Bertz CT molecular complexity index is 219. The fourth-order valence-electron chi connectivity index (χ4n) is 0.757. The van der Waals surface area contributed by atoms with Crippen molar-refractivity contribution >= 4 is 6.21 Å². The molecular weight excluding hydrogens is 158 g/mol. The summed E-state index contributed by atoms with van der Waals surface area (Å²) in [4.78, 5) is 0. The van der Waals surface area contributed by atoms with Gasteiger partial charge in [0.1, 0.15) is 0 Å². The Balaban J connectivity index is 0. The van der Waals surface area contributed by atoms with Crippen molar-refractivity contribution < 1.29 is 0 Å². The maximum atomic E-state index is 7.07. The van der Waals surface area contributed by atoms with E-state index in [4.69, 9.17) is 5.41 Å². The van der Waals surface area contributed by atoms with Gasteiger partial charge < -0.3 is 5.41 Å². The quantitative estimate of drug-likeness (QED) is 0.497. The predicted molar refractivity (Wildman–Crippen MR) is 62.4 cm³/mol. The first-order valence-corrected chi connectivity index (χ1v) is 4.42. The Labute approximate surface area is 81.7 Å². The number of rotatable bonds is 4. The van der Waals surface area contributed by atoms with Crippen molar-refractivity contribution in [1.82, 2.24) is 0 Å². The van der Waals surface area contributed by atoms with Crippen LogP contribution >= 0.6 is 0 Å². The standard InChI is InChI=1S/C10H13N.C2H6/c1-4-7-10(8-11)9(5-2)6-3;1-2/h4-8,11H,1-2H2,3H3;1-2H3/b9-6-,10-7-,11-8?;. The topological polar surface area (TPSA) is 23.9 Å². The molecule has 0 amide bonds. The lowest BCUT2D eigenvalue weighted by Gasteiger charge is -1.98. The minimum Gasteiger partial charge on any atom is -0.308 e. The summed E-state index contributed by atoms with van der Waals surface area (Å²) < 4.78 is 0. The summed E-state index contributed by atoms with van der Waals surface area (Å²) in [5.74, 6) is 0. The van der Waals surface area contributed by atoms with Gasteiger partial charge in [-0.15, -0.1) is 0 Å². The molecule has 0 aliphatic heterocycles. The fraction of sp³-hybridized carbons (Fsp3) is 0.250. The van der Waals surface area contributed by atoms with E-state index in [1.165, 1.54) is 6.21 Å². The molecule has 0 aromatic rings. The van der Waals surface area contributed by atoms with Crippen LogP contribution in [0.25, 0.3) is 0 Å². The van der Waals surface area contributed by atoms with Gasteiger partial charge in [0.25, 0.3) is 0 Å².